The molecular weight excluding hydrogens is 228 g/mol. The summed E-state index contributed by atoms with van der Waals surface area (Å²) < 4.78 is 5.52. The van der Waals surface area contributed by atoms with E-state index in [-0.39, 0.29) is 6.10 Å². The zero-order valence-corrected chi connectivity index (χ0v) is 12.0. The average Bonchev–Trinajstić information content (AvgIpc) is 2.31. The van der Waals surface area contributed by atoms with E-state index in [1.54, 1.807) is 0 Å². The molecule has 1 N–H and O–H groups in total. The molecule has 0 fully saturated rings. The third kappa shape index (κ3) is 4.58. The molecule has 0 aliphatic rings. The number of aromatic nitrogens is 2. The van der Waals surface area contributed by atoms with Gasteiger partial charge in [-0.3, -0.25) is 0 Å². The van der Waals surface area contributed by atoms with E-state index in [4.69, 9.17) is 4.74 Å². The highest BCUT2D eigenvalue weighted by molar-refractivity contribution is 5.31. The number of hydrogen-bond acceptors (Lipinski definition) is 5. The summed E-state index contributed by atoms with van der Waals surface area (Å²) in [4.78, 5) is 10.9. The number of nitrogens with zero attached hydrogens (tertiary/aromatic N) is 3. The molecule has 0 saturated carbocycles. The van der Waals surface area contributed by atoms with Gasteiger partial charge in [0.1, 0.15) is 0 Å². The first kappa shape index (κ1) is 14.9. The number of anilines is 1. The molecule has 0 aliphatic carbocycles. The van der Waals surface area contributed by atoms with Crippen LogP contribution in [-0.4, -0.2) is 43.3 Å². The van der Waals surface area contributed by atoms with Gasteiger partial charge >= 0.3 is 0 Å². The second kappa shape index (κ2) is 7.28. The molecular formula is C13H24N4O. The third-order valence-corrected chi connectivity index (χ3v) is 2.65. The topological polar surface area (TPSA) is 50.3 Å². The van der Waals surface area contributed by atoms with Crippen LogP contribution in [0, 0.1) is 6.92 Å². The maximum absolute atomic E-state index is 5.52. The first-order valence-corrected chi connectivity index (χ1v) is 6.34. The number of aryl methyl sites for hydroxylation is 1. The van der Waals surface area contributed by atoms with Crippen LogP contribution in [0.2, 0.25) is 0 Å². The maximum atomic E-state index is 5.52. The third-order valence-electron chi connectivity index (χ3n) is 2.65. The summed E-state index contributed by atoms with van der Waals surface area (Å²) >= 11 is 0. The van der Waals surface area contributed by atoms with Gasteiger partial charge < -0.3 is 15.0 Å². The molecule has 0 atom stereocenters. The van der Waals surface area contributed by atoms with Gasteiger partial charge in [0.15, 0.2) is 0 Å². The minimum absolute atomic E-state index is 0.263. The van der Waals surface area contributed by atoms with E-state index in [0.29, 0.717) is 6.61 Å². The van der Waals surface area contributed by atoms with Crippen molar-refractivity contribution in [1.82, 2.24) is 15.3 Å². The van der Waals surface area contributed by atoms with Crippen LogP contribution >= 0.6 is 0 Å². The minimum atomic E-state index is 0.263. The molecule has 1 aromatic rings. The monoisotopic (exact) mass is 252 g/mol. The van der Waals surface area contributed by atoms with Gasteiger partial charge in [-0.2, -0.15) is 0 Å². The zero-order valence-electron chi connectivity index (χ0n) is 12.0. The SMILES string of the molecule is CNCc1cnc(N(C)CCOC(C)C)nc1C. The van der Waals surface area contributed by atoms with Gasteiger partial charge in [-0.15, -0.1) is 0 Å². The van der Waals surface area contributed by atoms with E-state index in [2.05, 4.69) is 15.3 Å². The number of rotatable bonds is 7. The Balaban J connectivity index is 2.57. The quantitative estimate of drug-likeness (QED) is 0.794. The Morgan fingerprint density at radius 2 is 2.17 bits per heavy atom. The highest BCUT2D eigenvalue weighted by Crippen LogP contribution is 2.09. The Morgan fingerprint density at radius 1 is 1.44 bits per heavy atom. The number of nitrogens with one attached hydrogen (secondary N) is 1. The first-order valence-electron chi connectivity index (χ1n) is 6.34. The molecule has 0 aromatic carbocycles. The Kier molecular flexibility index (Phi) is 6.01. The van der Waals surface area contributed by atoms with Gasteiger partial charge in [0.2, 0.25) is 5.95 Å². The van der Waals surface area contributed by atoms with Crippen molar-refractivity contribution in [2.75, 3.05) is 32.1 Å². The van der Waals surface area contributed by atoms with E-state index in [0.717, 1.165) is 30.3 Å². The second-order valence-corrected chi connectivity index (χ2v) is 4.65. The van der Waals surface area contributed by atoms with Crippen LogP contribution in [0.5, 0.6) is 0 Å². The van der Waals surface area contributed by atoms with E-state index in [9.17, 15) is 0 Å². The van der Waals surface area contributed by atoms with Crippen LogP contribution in [0.15, 0.2) is 6.20 Å². The predicted octanol–water partition coefficient (Wildman–Crippen LogP) is 1.37. The molecule has 0 radical (unpaired) electrons. The van der Waals surface area contributed by atoms with Crippen LogP contribution in [0.3, 0.4) is 0 Å². The average molecular weight is 252 g/mol. The molecule has 1 rings (SSSR count). The van der Waals surface area contributed by atoms with Gasteiger partial charge in [0, 0.05) is 37.6 Å². The van der Waals surface area contributed by atoms with Crippen LogP contribution in [0.4, 0.5) is 5.95 Å². The predicted molar refractivity (Wildman–Crippen MR) is 73.9 cm³/mol. The van der Waals surface area contributed by atoms with Crippen LogP contribution in [-0.2, 0) is 11.3 Å². The van der Waals surface area contributed by atoms with Crippen LogP contribution in [0.1, 0.15) is 25.1 Å². The first-order chi connectivity index (χ1) is 8.54. The summed E-state index contributed by atoms with van der Waals surface area (Å²) in [5.41, 5.74) is 2.15. The zero-order chi connectivity index (χ0) is 13.5. The summed E-state index contributed by atoms with van der Waals surface area (Å²) in [5.74, 6) is 0.750. The number of likely N-dealkylation sites (N-methyl/N-ethyl adjacent to an activating group) is 1. The molecule has 0 unspecified atom stereocenters. The lowest BCUT2D eigenvalue weighted by atomic mass is 10.2. The molecule has 0 saturated heterocycles. The van der Waals surface area contributed by atoms with Crippen molar-refractivity contribution in [3.63, 3.8) is 0 Å². The molecule has 5 heteroatoms. The van der Waals surface area contributed by atoms with E-state index >= 15 is 0 Å². The summed E-state index contributed by atoms with van der Waals surface area (Å²) in [6.07, 6.45) is 2.15. The second-order valence-electron chi connectivity index (χ2n) is 4.65. The lowest BCUT2D eigenvalue weighted by molar-refractivity contribution is 0.0844. The smallest absolute Gasteiger partial charge is 0.225 e. The summed E-state index contributed by atoms with van der Waals surface area (Å²) in [6, 6.07) is 0. The maximum Gasteiger partial charge on any atom is 0.225 e. The van der Waals surface area contributed by atoms with Gasteiger partial charge in [-0.05, 0) is 27.8 Å². The van der Waals surface area contributed by atoms with Crippen molar-refractivity contribution in [3.05, 3.63) is 17.5 Å². The Morgan fingerprint density at radius 3 is 2.72 bits per heavy atom. The Labute approximate surface area is 110 Å². The molecule has 0 spiro atoms. The molecule has 1 aromatic heterocycles. The van der Waals surface area contributed by atoms with Gasteiger partial charge in [-0.1, -0.05) is 0 Å². The lowest BCUT2D eigenvalue weighted by Gasteiger charge is -2.18. The van der Waals surface area contributed by atoms with Crippen molar-refractivity contribution in [2.24, 2.45) is 0 Å². The number of hydrogen-bond donors (Lipinski definition) is 1. The largest absolute Gasteiger partial charge is 0.377 e. The van der Waals surface area contributed by atoms with Crippen molar-refractivity contribution in [3.8, 4) is 0 Å². The minimum Gasteiger partial charge on any atom is -0.377 e. The van der Waals surface area contributed by atoms with E-state index < -0.39 is 0 Å². The van der Waals surface area contributed by atoms with E-state index in [1.807, 2.05) is 46.0 Å². The highest BCUT2D eigenvalue weighted by atomic mass is 16.5. The molecule has 18 heavy (non-hydrogen) atoms. The van der Waals surface area contributed by atoms with Crippen molar-refractivity contribution < 1.29 is 4.74 Å². The fourth-order valence-corrected chi connectivity index (χ4v) is 1.55. The molecule has 1 heterocycles. The van der Waals surface area contributed by atoms with Crippen LogP contribution < -0.4 is 10.2 Å². The van der Waals surface area contributed by atoms with Gasteiger partial charge in [0.05, 0.1) is 12.7 Å². The summed E-state index contributed by atoms with van der Waals surface area (Å²) in [6.45, 7) is 8.36. The van der Waals surface area contributed by atoms with Gasteiger partial charge in [0.25, 0.3) is 0 Å². The fraction of sp³-hybridized carbons (Fsp3) is 0.692. The van der Waals surface area contributed by atoms with Crippen molar-refractivity contribution >= 4 is 5.95 Å². The lowest BCUT2D eigenvalue weighted by Crippen LogP contribution is -2.26. The van der Waals surface area contributed by atoms with Crippen LogP contribution in [0.25, 0.3) is 0 Å². The Bertz CT molecular complexity index is 368. The molecule has 0 bridgehead atoms. The normalized spacial score (nSPS) is 11.0. The molecule has 102 valence electrons. The fourth-order valence-electron chi connectivity index (χ4n) is 1.55. The standard InChI is InChI=1S/C13H24N4O/c1-10(2)18-7-6-17(5)13-15-9-12(8-14-4)11(3)16-13/h9-10,14H,6-8H2,1-5H3. The van der Waals surface area contributed by atoms with Crippen molar-refractivity contribution in [2.45, 2.75) is 33.4 Å². The summed E-state index contributed by atoms with van der Waals surface area (Å²) in [7, 11) is 3.90. The van der Waals surface area contributed by atoms with E-state index in [1.165, 1.54) is 0 Å². The number of ether oxygens (including phenoxy) is 1. The highest BCUT2D eigenvalue weighted by Gasteiger charge is 2.07. The van der Waals surface area contributed by atoms with Gasteiger partial charge in [-0.25, -0.2) is 9.97 Å². The van der Waals surface area contributed by atoms with Crippen molar-refractivity contribution in [1.29, 1.82) is 0 Å². The Hall–Kier alpha value is -1.20. The summed E-state index contributed by atoms with van der Waals surface area (Å²) in [5, 5.41) is 3.11. The molecule has 0 aliphatic heterocycles. The molecule has 5 nitrogen and oxygen atoms in total. The molecule has 0 amide bonds.